The lowest BCUT2D eigenvalue weighted by Crippen LogP contribution is -1.92. The number of thioether (sulfide) groups is 1. The summed E-state index contributed by atoms with van der Waals surface area (Å²) in [6.45, 7) is 0. The molecule has 0 saturated carbocycles. The third-order valence-corrected chi connectivity index (χ3v) is 4.56. The number of nitriles is 1. The van der Waals surface area contributed by atoms with Crippen LogP contribution in [0.2, 0.25) is 5.02 Å². The standard InChI is InChI=1S/C18H12ClN3S/c19-16-4-1-13(2-5-16)12-23-18-15(11-20)3-6-17(22-18)14-7-9-21-10-8-14/h1-10H,12H2. The molecule has 0 radical (unpaired) electrons. The molecule has 0 bridgehead atoms. The molecule has 0 saturated heterocycles. The van der Waals surface area contributed by atoms with Crippen LogP contribution in [0, 0.1) is 11.3 Å². The van der Waals surface area contributed by atoms with Crippen molar-refractivity contribution in [3.8, 4) is 17.3 Å². The molecule has 3 nitrogen and oxygen atoms in total. The van der Waals surface area contributed by atoms with E-state index in [4.69, 9.17) is 11.6 Å². The van der Waals surface area contributed by atoms with Gasteiger partial charge in [-0.15, -0.1) is 11.8 Å². The average molecular weight is 338 g/mol. The number of benzene rings is 1. The van der Waals surface area contributed by atoms with Gasteiger partial charge in [-0.3, -0.25) is 4.98 Å². The predicted molar refractivity (Wildman–Crippen MR) is 93.2 cm³/mol. The Morgan fingerprint density at radius 1 is 1.00 bits per heavy atom. The summed E-state index contributed by atoms with van der Waals surface area (Å²) in [5.41, 5.74) is 3.55. The Hall–Kier alpha value is -2.35. The number of halogens is 1. The first kappa shape index (κ1) is 15.5. The second-order valence-corrected chi connectivity index (χ2v) is 6.21. The fourth-order valence-electron chi connectivity index (χ4n) is 2.05. The molecule has 3 aromatic rings. The summed E-state index contributed by atoms with van der Waals surface area (Å²) in [6.07, 6.45) is 3.46. The summed E-state index contributed by atoms with van der Waals surface area (Å²) >= 11 is 7.44. The highest BCUT2D eigenvalue weighted by Crippen LogP contribution is 2.27. The maximum Gasteiger partial charge on any atom is 0.115 e. The molecule has 1 aromatic carbocycles. The van der Waals surface area contributed by atoms with Crippen LogP contribution >= 0.6 is 23.4 Å². The first-order chi connectivity index (χ1) is 11.3. The highest BCUT2D eigenvalue weighted by atomic mass is 35.5. The van der Waals surface area contributed by atoms with Crippen LogP contribution in [0.3, 0.4) is 0 Å². The second kappa shape index (κ2) is 7.28. The maximum atomic E-state index is 9.28. The Labute approximate surface area is 144 Å². The van der Waals surface area contributed by atoms with Gasteiger partial charge in [0.25, 0.3) is 0 Å². The molecular weight excluding hydrogens is 326 g/mol. The minimum Gasteiger partial charge on any atom is -0.265 e. The molecule has 0 unspecified atom stereocenters. The lowest BCUT2D eigenvalue weighted by Gasteiger charge is -2.07. The summed E-state index contributed by atoms with van der Waals surface area (Å²) in [6, 6.07) is 17.4. The Morgan fingerprint density at radius 2 is 1.74 bits per heavy atom. The Morgan fingerprint density at radius 3 is 2.43 bits per heavy atom. The molecule has 2 heterocycles. The first-order valence-corrected chi connectivity index (χ1v) is 8.31. The van der Waals surface area contributed by atoms with E-state index in [0.717, 1.165) is 27.6 Å². The second-order valence-electron chi connectivity index (χ2n) is 4.81. The van der Waals surface area contributed by atoms with E-state index in [-0.39, 0.29) is 0 Å². The van der Waals surface area contributed by atoms with Gasteiger partial charge in [0.05, 0.1) is 11.3 Å². The van der Waals surface area contributed by atoms with Crippen molar-refractivity contribution >= 4 is 23.4 Å². The van der Waals surface area contributed by atoms with Gasteiger partial charge in [0.1, 0.15) is 11.1 Å². The topological polar surface area (TPSA) is 49.6 Å². The number of aromatic nitrogens is 2. The van der Waals surface area contributed by atoms with Gasteiger partial charge in [-0.1, -0.05) is 23.7 Å². The van der Waals surface area contributed by atoms with E-state index in [0.29, 0.717) is 10.6 Å². The number of rotatable bonds is 4. The molecule has 0 amide bonds. The number of hydrogen-bond acceptors (Lipinski definition) is 4. The van der Waals surface area contributed by atoms with E-state index in [1.54, 1.807) is 24.2 Å². The van der Waals surface area contributed by atoms with Gasteiger partial charge < -0.3 is 0 Å². The molecule has 0 spiro atoms. The van der Waals surface area contributed by atoms with Gasteiger partial charge in [-0.05, 0) is 42.0 Å². The van der Waals surface area contributed by atoms with Gasteiger partial charge in [0.2, 0.25) is 0 Å². The van der Waals surface area contributed by atoms with Crippen molar-refractivity contribution < 1.29 is 0 Å². The summed E-state index contributed by atoms with van der Waals surface area (Å²) in [5.74, 6) is 0.735. The van der Waals surface area contributed by atoms with Crippen molar-refractivity contribution in [2.75, 3.05) is 0 Å². The van der Waals surface area contributed by atoms with Crippen molar-refractivity contribution in [1.29, 1.82) is 5.26 Å². The van der Waals surface area contributed by atoms with Crippen LogP contribution in [0.25, 0.3) is 11.3 Å². The Kier molecular flexibility index (Phi) is 4.92. The van der Waals surface area contributed by atoms with E-state index in [2.05, 4.69) is 16.0 Å². The normalized spacial score (nSPS) is 10.3. The zero-order valence-corrected chi connectivity index (χ0v) is 13.7. The van der Waals surface area contributed by atoms with Crippen LogP contribution in [0.15, 0.2) is 66.0 Å². The van der Waals surface area contributed by atoms with Gasteiger partial charge in [-0.25, -0.2) is 4.98 Å². The Balaban J connectivity index is 1.85. The first-order valence-electron chi connectivity index (χ1n) is 6.95. The van der Waals surface area contributed by atoms with Crippen LogP contribution in [-0.4, -0.2) is 9.97 Å². The van der Waals surface area contributed by atoms with Gasteiger partial charge >= 0.3 is 0 Å². The molecule has 0 N–H and O–H groups in total. The van der Waals surface area contributed by atoms with E-state index < -0.39 is 0 Å². The summed E-state index contributed by atoms with van der Waals surface area (Å²) in [4.78, 5) is 8.65. The van der Waals surface area contributed by atoms with Gasteiger partial charge in [0.15, 0.2) is 0 Å². The Bertz CT molecular complexity index is 842. The fraction of sp³-hybridized carbons (Fsp3) is 0.0556. The quantitative estimate of drug-likeness (QED) is 0.631. The molecular formula is C18H12ClN3S. The molecule has 5 heteroatoms. The van der Waals surface area contributed by atoms with Crippen molar-refractivity contribution in [2.24, 2.45) is 0 Å². The average Bonchev–Trinajstić information content (AvgIpc) is 2.62. The maximum absolute atomic E-state index is 9.28. The summed E-state index contributed by atoms with van der Waals surface area (Å²) in [7, 11) is 0. The largest absolute Gasteiger partial charge is 0.265 e. The lowest BCUT2D eigenvalue weighted by atomic mass is 10.1. The molecule has 0 aliphatic heterocycles. The molecule has 3 rings (SSSR count). The van der Waals surface area contributed by atoms with E-state index in [9.17, 15) is 5.26 Å². The lowest BCUT2D eigenvalue weighted by molar-refractivity contribution is 1.11. The summed E-state index contributed by atoms with van der Waals surface area (Å²) < 4.78 is 0. The molecule has 23 heavy (non-hydrogen) atoms. The van der Waals surface area contributed by atoms with Crippen molar-refractivity contribution in [3.63, 3.8) is 0 Å². The van der Waals surface area contributed by atoms with Gasteiger partial charge in [0, 0.05) is 28.7 Å². The smallest absolute Gasteiger partial charge is 0.115 e. The fourth-order valence-corrected chi connectivity index (χ4v) is 3.11. The van der Waals surface area contributed by atoms with Crippen LogP contribution in [-0.2, 0) is 5.75 Å². The SMILES string of the molecule is N#Cc1ccc(-c2ccncc2)nc1SCc1ccc(Cl)cc1. The molecule has 0 aliphatic rings. The van der Waals surface area contributed by atoms with Gasteiger partial charge in [-0.2, -0.15) is 5.26 Å². The molecule has 0 fully saturated rings. The molecule has 112 valence electrons. The van der Waals surface area contributed by atoms with Crippen molar-refractivity contribution in [3.05, 3.63) is 77.1 Å². The van der Waals surface area contributed by atoms with E-state index in [1.165, 1.54) is 0 Å². The highest BCUT2D eigenvalue weighted by Gasteiger charge is 2.08. The predicted octanol–water partition coefficient (Wildman–Crippen LogP) is 4.96. The molecule has 0 aliphatic carbocycles. The minimum atomic E-state index is 0.585. The molecule has 0 atom stereocenters. The van der Waals surface area contributed by atoms with Crippen LogP contribution < -0.4 is 0 Å². The zero-order valence-electron chi connectivity index (χ0n) is 12.1. The number of pyridine rings is 2. The van der Waals surface area contributed by atoms with E-state index in [1.807, 2.05) is 48.5 Å². The van der Waals surface area contributed by atoms with Crippen molar-refractivity contribution in [2.45, 2.75) is 10.8 Å². The zero-order chi connectivity index (χ0) is 16.1. The third kappa shape index (κ3) is 3.89. The van der Waals surface area contributed by atoms with E-state index >= 15 is 0 Å². The highest BCUT2D eigenvalue weighted by molar-refractivity contribution is 7.98. The monoisotopic (exact) mass is 337 g/mol. The summed E-state index contributed by atoms with van der Waals surface area (Å²) in [5, 5.41) is 10.7. The third-order valence-electron chi connectivity index (χ3n) is 3.25. The number of hydrogen-bond donors (Lipinski definition) is 0. The number of nitrogens with zero attached hydrogens (tertiary/aromatic N) is 3. The van der Waals surface area contributed by atoms with Crippen LogP contribution in [0.1, 0.15) is 11.1 Å². The van der Waals surface area contributed by atoms with Crippen LogP contribution in [0.4, 0.5) is 0 Å². The molecule has 2 aromatic heterocycles. The van der Waals surface area contributed by atoms with Crippen LogP contribution in [0.5, 0.6) is 0 Å². The minimum absolute atomic E-state index is 0.585. The van der Waals surface area contributed by atoms with Crippen molar-refractivity contribution in [1.82, 2.24) is 9.97 Å².